The Bertz CT molecular complexity index is 337. The van der Waals surface area contributed by atoms with Crippen LogP contribution in [0.15, 0.2) is 17.5 Å². The lowest BCUT2D eigenvalue weighted by Crippen LogP contribution is -2.35. The van der Waals surface area contributed by atoms with E-state index in [9.17, 15) is 5.11 Å². The zero-order valence-corrected chi connectivity index (χ0v) is 11.2. The minimum Gasteiger partial charge on any atom is -0.390 e. The van der Waals surface area contributed by atoms with Crippen LogP contribution in [0, 0.1) is 0 Å². The molecule has 1 fully saturated rings. The zero-order chi connectivity index (χ0) is 12.3. The second-order valence-corrected chi connectivity index (χ2v) is 6.13. The lowest BCUT2D eigenvalue weighted by Gasteiger charge is -2.29. The van der Waals surface area contributed by atoms with E-state index in [1.165, 1.54) is 4.88 Å². The van der Waals surface area contributed by atoms with E-state index >= 15 is 0 Å². The zero-order valence-electron chi connectivity index (χ0n) is 10.4. The highest BCUT2D eigenvalue weighted by atomic mass is 32.1. The van der Waals surface area contributed by atoms with Crippen molar-refractivity contribution in [3.8, 4) is 0 Å². The standard InChI is InChI=1S/C13H22N2OS/c1-13(16)5-3-7-15(8-6-13)11(10-14)12-4-2-9-17-12/h2,4,9,11,16H,3,5-8,10,14H2,1H3. The Balaban J connectivity index is 2.05. The van der Waals surface area contributed by atoms with Crippen LogP contribution in [-0.4, -0.2) is 35.2 Å². The second kappa shape index (κ2) is 5.48. The molecule has 1 aromatic rings. The number of nitrogens with two attached hydrogens (primary N) is 1. The number of likely N-dealkylation sites (tertiary alicyclic amines) is 1. The van der Waals surface area contributed by atoms with E-state index in [2.05, 4.69) is 22.4 Å². The lowest BCUT2D eigenvalue weighted by atomic mass is 9.98. The van der Waals surface area contributed by atoms with Gasteiger partial charge in [0.2, 0.25) is 0 Å². The second-order valence-electron chi connectivity index (χ2n) is 5.15. The molecule has 17 heavy (non-hydrogen) atoms. The Hall–Kier alpha value is -0.420. The Labute approximate surface area is 107 Å². The lowest BCUT2D eigenvalue weighted by molar-refractivity contribution is 0.0432. The molecule has 1 aliphatic rings. The predicted molar refractivity (Wildman–Crippen MR) is 72.2 cm³/mol. The van der Waals surface area contributed by atoms with Crippen molar-refractivity contribution in [1.82, 2.24) is 4.90 Å². The van der Waals surface area contributed by atoms with E-state index in [4.69, 9.17) is 5.73 Å². The summed E-state index contributed by atoms with van der Waals surface area (Å²) < 4.78 is 0. The molecule has 96 valence electrons. The van der Waals surface area contributed by atoms with Crippen LogP contribution in [0.5, 0.6) is 0 Å². The van der Waals surface area contributed by atoms with Crippen LogP contribution in [0.25, 0.3) is 0 Å². The third-order valence-electron chi connectivity index (χ3n) is 3.63. The first-order valence-electron chi connectivity index (χ1n) is 6.32. The summed E-state index contributed by atoms with van der Waals surface area (Å²) in [5, 5.41) is 12.2. The van der Waals surface area contributed by atoms with Crippen molar-refractivity contribution < 1.29 is 5.11 Å². The third-order valence-corrected chi connectivity index (χ3v) is 4.61. The molecular formula is C13H22N2OS. The topological polar surface area (TPSA) is 49.5 Å². The molecule has 4 heteroatoms. The maximum atomic E-state index is 10.1. The van der Waals surface area contributed by atoms with Gasteiger partial charge in [-0.2, -0.15) is 0 Å². The van der Waals surface area contributed by atoms with Gasteiger partial charge in [-0.1, -0.05) is 6.07 Å². The van der Waals surface area contributed by atoms with Gasteiger partial charge in [-0.05, 0) is 44.2 Å². The van der Waals surface area contributed by atoms with Crippen molar-refractivity contribution in [3.63, 3.8) is 0 Å². The molecule has 2 atom stereocenters. The molecule has 0 bridgehead atoms. The van der Waals surface area contributed by atoms with Crippen molar-refractivity contribution in [3.05, 3.63) is 22.4 Å². The number of nitrogens with zero attached hydrogens (tertiary/aromatic N) is 1. The monoisotopic (exact) mass is 254 g/mol. The molecule has 1 saturated heterocycles. The molecule has 3 N–H and O–H groups in total. The summed E-state index contributed by atoms with van der Waals surface area (Å²) in [6.45, 7) is 4.57. The third kappa shape index (κ3) is 3.28. The van der Waals surface area contributed by atoms with Crippen molar-refractivity contribution in [2.45, 2.75) is 37.8 Å². The molecule has 0 amide bonds. The van der Waals surface area contributed by atoms with Crippen LogP contribution in [0.3, 0.4) is 0 Å². The van der Waals surface area contributed by atoms with Gasteiger partial charge in [-0.15, -0.1) is 11.3 Å². The largest absolute Gasteiger partial charge is 0.390 e. The van der Waals surface area contributed by atoms with Gasteiger partial charge < -0.3 is 10.8 Å². The highest BCUT2D eigenvalue weighted by Gasteiger charge is 2.28. The number of aliphatic hydroxyl groups is 1. The average Bonchev–Trinajstić information content (AvgIpc) is 2.73. The number of hydrogen-bond acceptors (Lipinski definition) is 4. The molecule has 0 aliphatic carbocycles. The molecule has 0 radical (unpaired) electrons. The number of thiophene rings is 1. The Kier molecular flexibility index (Phi) is 4.20. The van der Waals surface area contributed by atoms with Gasteiger partial charge in [0.25, 0.3) is 0 Å². The van der Waals surface area contributed by atoms with Gasteiger partial charge in [0.15, 0.2) is 0 Å². The molecule has 2 heterocycles. The van der Waals surface area contributed by atoms with Crippen LogP contribution < -0.4 is 5.73 Å². The van der Waals surface area contributed by atoms with Gasteiger partial charge in [0.05, 0.1) is 11.6 Å². The quantitative estimate of drug-likeness (QED) is 0.867. The maximum Gasteiger partial charge on any atom is 0.0632 e. The van der Waals surface area contributed by atoms with E-state index in [-0.39, 0.29) is 0 Å². The van der Waals surface area contributed by atoms with E-state index in [0.717, 1.165) is 32.4 Å². The maximum absolute atomic E-state index is 10.1. The summed E-state index contributed by atoms with van der Waals surface area (Å²) in [5.74, 6) is 0. The van der Waals surface area contributed by atoms with Crippen molar-refractivity contribution >= 4 is 11.3 Å². The SMILES string of the molecule is CC1(O)CCCN(C(CN)c2cccs2)CC1. The first-order chi connectivity index (χ1) is 8.12. The van der Waals surface area contributed by atoms with Crippen molar-refractivity contribution in [2.75, 3.05) is 19.6 Å². The van der Waals surface area contributed by atoms with Crippen LogP contribution >= 0.6 is 11.3 Å². The van der Waals surface area contributed by atoms with Crippen LogP contribution in [0.1, 0.15) is 37.1 Å². The van der Waals surface area contributed by atoms with E-state index in [1.807, 2.05) is 6.92 Å². The van der Waals surface area contributed by atoms with Gasteiger partial charge >= 0.3 is 0 Å². The normalized spacial score (nSPS) is 28.9. The van der Waals surface area contributed by atoms with E-state index in [0.29, 0.717) is 12.6 Å². The fourth-order valence-electron chi connectivity index (χ4n) is 2.52. The molecule has 2 rings (SSSR count). The molecule has 1 aliphatic heterocycles. The summed E-state index contributed by atoms with van der Waals surface area (Å²) in [6, 6.07) is 4.56. The molecule has 1 aromatic heterocycles. The molecule has 3 nitrogen and oxygen atoms in total. The predicted octanol–water partition coefficient (Wildman–Crippen LogP) is 1.98. The summed E-state index contributed by atoms with van der Waals surface area (Å²) in [5.41, 5.74) is 5.42. The fraction of sp³-hybridized carbons (Fsp3) is 0.692. The molecular weight excluding hydrogens is 232 g/mol. The molecule has 0 spiro atoms. The summed E-state index contributed by atoms with van der Waals surface area (Å²) in [6.07, 6.45) is 2.79. The Morgan fingerprint density at radius 3 is 3.00 bits per heavy atom. The van der Waals surface area contributed by atoms with Gasteiger partial charge in [0.1, 0.15) is 0 Å². The van der Waals surface area contributed by atoms with Crippen LogP contribution in [-0.2, 0) is 0 Å². The molecule has 2 unspecified atom stereocenters. The minimum absolute atomic E-state index is 0.323. The summed E-state index contributed by atoms with van der Waals surface area (Å²) >= 11 is 1.77. The summed E-state index contributed by atoms with van der Waals surface area (Å²) in [4.78, 5) is 3.77. The smallest absolute Gasteiger partial charge is 0.0632 e. The molecule has 0 saturated carbocycles. The van der Waals surface area contributed by atoms with Crippen molar-refractivity contribution in [1.29, 1.82) is 0 Å². The Morgan fingerprint density at radius 1 is 1.53 bits per heavy atom. The number of hydrogen-bond donors (Lipinski definition) is 2. The first kappa shape index (κ1) is 13.0. The van der Waals surface area contributed by atoms with E-state index in [1.54, 1.807) is 11.3 Å². The van der Waals surface area contributed by atoms with E-state index < -0.39 is 5.60 Å². The van der Waals surface area contributed by atoms with Crippen LogP contribution in [0.2, 0.25) is 0 Å². The highest BCUT2D eigenvalue weighted by molar-refractivity contribution is 7.10. The van der Waals surface area contributed by atoms with Gasteiger partial charge in [0, 0.05) is 18.0 Å². The van der Waals surface area contributed by atoms with Gasteiger partial charge in [-0.25, -0.2) is 0 Å². The van der Waals surface area contributed by atoms with Gasteiger partial charge in [-0.3, -0.25) is 4.90 Å². The number of rotatable bonds is 3. The summed E-state index contributed by atoms with van der Waals surface area (Å²) in [7, 11) is 0. The average molecular weight is 254 g/mol. The minimum atomic E-state index is -0.497. The molecule has 0 aromatic carbocycles. The van der Waals surface area contributed by atoms with Crippen LogP contribution in [0.4, 0.5) is 0 Å². The van der Waals surface area contributed by atoms with Crippen molar-refractivity contribution in [2.24, 2.45) is 5.73 Å². The fourth-order valence-corrected chi connectivity index (χ4v) is 3.40. The first-order valence-corrected chi connectivity index (χ1v) is 7.20. The Morgan fingerprint density at radius 2 is 2.35 bits per heavy atom. The highest BCUT2D eigenvalue weighted by Crippen LogP contribution is 2.29.